The van der Waals surface area contributed by atoms with Crippen molar-refractivity contribution in [3.63, 3.8) is 0 Å². The second-order valence-corrected chi connectivity index (χ2v) is 6.90. The summed E-state index contributed by atoms with van der Waals surface area (Å²) in [6.45, 7) is 8.34. The molecule has 0 fully saturated rings. The van der Waals surface area contributed by atoms with Gasteiger partial charge in [-0.3, -0.25) is 0 Å². The van der Waals surface area contributed by atoms with E-state index in [1.54, 1.807) is 0 Å². The first-order valence-electron chi connectivity index (χ1n) is 6.56. The molecule has 0 aliphatic heterocycles. The van der Waals surface area contributed by atoms with Crippen LogP contribution in [-0.4, -0.2) is 0 Å². The Bertz CT molecular complexity index is 662. The van der Waals surface area contributed by atoms with Gasteiger partial charge < -0.3 is 5.73 Å². The largest absolute Gasteiger partial charge is 0.318 e. The van der Waals surface area contributed by atoms with Crippen LogP contribution >= 0.6 is 27.5 Å². The van der Waals surface area contributed by atoms with Gasteiger partial charge in [-0.1, -0.05) is 45.7 Å². The topological polar surface area (TPSA) is 26.0 Å². The van der Waals surface area contributed by atoms with Crippen LogP contribution in [0.25, 0.3) is 0 Å². The van der Waals surface area contributed by atoms with Crippen LogP contribution in [0, 0.1) is 20.8 Å². The first-order valence-corrected chi connectivity index (χ1v) is 7.73. The van der Waals surface area contributed by atoms with Crippen LogP contribution in [0.2, 0.25) is 5.02 Å². The third kappa shape index (κ3) is 2.78. The van der Waals surface area contributed by atoms with Gasteiger partial charge in [0.25, 0.3) is 0 Å². The molecule has 0 saturated carbocycles. The fraction of sp³-hybridized carbons (Fsp3) is 0.294. The lowest BCUT2D eigenvalue weighted by molar-refractivity contribution is 0.598. The van der Waals surface area contributed by atoms with E-state index in [2.05, 4.69) is 48.8 Å². The lowest BCUT2D eigenvalue weighted by Gasteiger charge is -2.29. The highest BCUT2D eigenvalue weighted by Gasteiger charge is 2.28. The molecule has 2 aromatic carbocycles. The monoisotopic (exact) mass is 351 g/mol. The van der Waals surface area contributed by atoms with E-state index in [0.717, 1.165) is 15.6 Å². The summed E-state index contributed by atoms with van der Waals surface area (Å²) >= 11 is 9.81. The van der Waals surface area contributed by atoms with Crippen LogP contribution in [0.15, 0.2) is 34.8 Å². The smallest absolute Gasteiger partial charge is 0.0654 e. The first kappa shape index (κ1) is 15.6. The van der Waals surface area contributed by atoms with Gasteiger partial charge in [0, 0.05) is 9.50 Å². The Morgan fingerprint density at radius 3 is 2.15 bits per heavy atom. The molecule has 1 atom stereocenters. The Balaban J connectivity index is 2.63. The van der Waals surface area contributed by atoms with Crippen molar-refractivity contribution < 1.29 is 0 Å². The summed E-state index contributed by atoms with van der Waals surface area (Å²) in [6.07, 6.45) is 0. The van der Waals surface area contributed by atoms with Crippen molar-refractivity contribution in [2.45, 2.75) is 33.2 Å². The molecule has 3 heteroatoms. The molecule has 0 aromatic heterocycles. The van der Waals surface area contributed by atoms with Gasteiger partial charge in [0.15, 0.2) is 0 Å². The van der Waals surface area contributed by atoms with Crippen molar-refractivity contribution in [1.82, 2.24) is 0 Å². The Kier molecular flexibility index (Phi) is 4.29. The van der Waals surface area contributed by atoms with Crippen LogP contribution in [0.1, 0.15) is 34.7 Å². The minimum absolute atomic E-state index is 0.611. The van der Waals surface area contributed by atoms with E-state index in [1.165, 1.54) is 16.7 Å². The van der Waals surface area contributed by atoms with Crippen molar-refractivity contribution in [2.24, 2.45) is 5.73 Å². The number of benzene rings is 2. The van der Waals surface area contributed by atoms with Crippen LogP contribution in [-0.2, 0) is 5.54 Å². The average molecular weight is 353 g/mol. The zero-order valence-corrected chi connectivity index (χ0v) is 14.6. The minimum Gasteiger partial charge on any atom is -0.318 e. The quantitative estimate of drug-likeness (QED) is 0.785. The van der Waals surface area contributed by atoms with Gasteiger partial charge in [-0.25, -0.2) is 0 Å². The molecule has 0 saturated heterocycles. The van der Waals surface area contributed by atoms with Crippen LogP contribution < -0.4 is 5.73 Å². The molecule has 0 spiro atoms. The molecule has 0 radical (unpaired) electrons. The summed E-state index contributed by atoms with van der Waals surface area (Å²) < 4.78 is 0.957. The molecule has 1 unspecified atom stereocenters. The first-order chi connectivity index (χ1) is 9.23. The lowest BCUT2D eigenvalue weighted by Crippen LogP contribution is -2.35. The number of rotatable bonds is 2. The van der Waals surface area contributed by atoms with Crippen molar-refractivity contribution in [3.8, 4) is 0 Å². The number of halogens is 2. The molecule has 1 nitrogen and oxygen atoms in total. The maximum Gasteiger partial charge on any atom is 0.0654 e. The second kappa shape index (κ2) is 5.51. The van der Waals surface area contributed by atoms with E-state index in [0.29, 0.717) is 5.02 Å². The molecule has 106 valence electrons. The van der Waals surface area contributed by atoms with Crippen molar-refractivity contribution in [2.75, 3.05) is 0 Å². The molecule has 0 aliphatic carbocycles. The maximum atomic E-state index is 6.63. The summed E-state index contributed by atoms with van der Waals surface area (Å²) in [7, 11) is 0. The fourth-order valence-corrected chi connectivity index (χ4v) is 3.45. The van der Waals surface area contributed by atoms with Crippen LogP contribution in [0.5, 0.6) is 0 Å². The maximum absolute atomic E-state index is 6.63. The highest BCUT2D eigenvalue weighted by molar-refractivity contribution is 9.10. The predicted molar refractivity (Wildman–Crippen MR) is 90.4 cm³/mol. The fourth-order valence-electron chi connectivity index (χ4n) is 2.58. The molecule has 2 N–H and O–H groups in total. The third-order valence-corrected chi connectivity index (χ3v) is 4.70. The average Bonchev–Trinajstić information content (AvgIpc) is 2.33. The van der Waals surface area contributed by atoms with Gasteiger partial charge in [0.05, 0.1) is 5.54 Å². The molecule has 20 heavy (non-hydrogen) atoms. The number of nitrogens with two attached hydrogens (primary N) is 1. The van der Waals surface area contributed by atoms with Gasteiger partial charge in [-0.05, 0) is 67.6 Å². The van der Waals surface area contributed by atoms with Gasteiger partial charge in [-0.15, -0.1) is 0 Å². The van der Waals surface area contributed by atoms with Crippen molar-refractivity contribution >= 4 is 27.5 Å². The van der Waals surface area contributed by atoms with Gasteiger partial charge in [-0.2, -0.15) is 0 Å². The van der Waals surface area contributed by atoms with E-state index in [-0.39, 0.29) is 0 Å². The molecular weight excluding hydrogens is 334 g/mol. The number of aryl methyl sites for hydroxylation is 3. The Morgan fingerprint density at radius 1 is 0.950 bits per heavy atom. The van der Waals surface area contributed by atoms with E-state index in [1.807, 2.05) is 25.1 Å². The zero-order valence-electron chi connectivity index (χ0n) is 12.2. The number of hydrogen-bond acceptors (Lipinski definition) is 1. The molecule has 0 heterocycles. The summed E-state index contributed by atoms with van der Waals surface area (Å²) in [5, 5.41) is 0.682. The molecule has 2 rings (SSSR count). The minimum atomic E-state index is -0.611. The zero-order chi connectivity index (χ0) is 15.1. The highest BCUT2D eigenvalue weighted by Crippen LogP contribution is 2.35. The molecule has 0 aliphatic rings. The Hall–Kier alpha value is -0.830. The van der Waals surface area contributed by atoms with Crippen molar-refractivity contribution in [3.05, 3.63) is 67.6 Å². The van der Waals surface area contributed by atoms with Gasteiger partial charge in [0.1, 0.15) is 0 Å². The molecule has 0 amide bonds. The number of hydrogen-bond donors (Lipinski definition) is 1. The lowest BCUT2D eigenvalue weighted by atomic mass is 9.82. The van der Waals surface area contributed by atoms with E-state index in [9.17, 15) is 0 Å². The normalized spacial score (nSPS) is 14.2. The van der Waals surface area contributed by atoms with Gasteiger partial charge in [0.2, 0.25) is 0 Å². The standard InChI is InChI=1S/C17H19BrClN/c1-10-7-12(3)15(8-11(10)2)17(4,20)14-6-5-13(18)9-16(14)19/h5-9H,20H2,1-4H3. The van der Waals surface area contributed by atoms with Gasteiger partial charge >= 0.3 is 0 Å². The highest BCUT2D eigenvalue weighted by atomic mass is 79.9. The molecule has 0 bridgehead atoms. The van der Waals surface area contributed by atoms with E-state index in [4.69, 9.17) is 17.3 Å². The van der Waals surface area contributed by atoms with E-state index < -0.39 is 5.54 Å². The van der Waals surface area contributed by atoms with Crippen LogP contribution in [0.4, 0.5) is 0 Å². The van der Waals surface area contributed by atoms with Crippen molar-refractivity contribution in [1.29, 1.82) is 0 Å². The predicted octanol–water partition coefficient (Wildman–Crippen LogP) is 5.25. The Morgan fingerprint density at radius 2 is 1.55 bits per heavy atom. The second-order valence-electron chi connectivity index (χ2n) is 5.58. The summed E-state index contributed by atoms with van der Waals surface area (Å²) in [4.78, 5) is 0. The van der Waals surface area contributed by atoms with Crippen LogP contribution in [0.3, 0.4) is 0 Å². The molecular formula is C17H19BrClN. The van der Waals surface area contributed by atoms with E-state index >= 15 is 0 Å². The molecule has 2 aromatic rings. The summed E-state index contributed by atoms with van der Waals surface area (Å²) in [5.41, 5.74) is 11.8. The SMILES string of the molecule is Cc1cc(C)c(C(C)(N)c2ccc(Br)cc2Cl)cc1C. The Labute approximate surface area is 134 Å². The third-order valence-electron chi connectivity index (χ3n) is 3.89. The summed E-state index contributed by atoms with van der Waals surface area (Å²) in [6, 6.07) is 10.2. The summed E-state index contributed by atoms with van der Waals surface area (Å²) in [5.74, 6) is 0.